The number of aliphatic hydroxyl groups excluding tert-OH is 1. The molecule has 2 aromatic rings. The number of pyridine rings is 2. The van der Waals surface area contributed by atoms with Gasteiger partial charge in [-0.25, -0.2) is 13.4 Å². The minimum atomic E-state index is -3.32. The molecule has 0 spiro atoms. The summed E-state index contributed by atoms with van der Waals surface area (Å²) in [5.74, 6) is 0.720. The lowest BCUT2D eigenvalue weighted by molar-refractivity contribution is -0.153. The number of sulfonamides is 1. The number of carbonyl (C=O) groups is 1. The maximum atomic E-state index is 12.2. The number of carbonyl (C=O) groups excluding carboxylic acids is 1. The predicted octanol–water partition coefficient (Wildman–Crippen LogP) is 2.27. The standard InChI is InChI=1S/C23H32N4O5S/c1-23(22(29)32-2)8-4-15(5-9-23)21-17-12-20(25-13-16(17)6-10-24-21)26-18-7-11-27(14-19(18)28)33(3,30)31/h6,10,12-13,15,18-19,28H,4-5,7-9,11,14H2,1-3H3,(H,25,26)/t15?,18-,19-,23?/m1/s1. The fraction of sp³-hybridized carbons (Fsp3) is 0.609. The SMILES string of the molecule is COC(=O)C1(C)CCC(c2nccc3cnc(N[C@@H]4CCN(S(C)(=O)=O)C[C@H]4O)cc23)CC1. The Morgan fingerprint density at radius 2 is 2.00 bits per heavy atom. The molecular formula is C23H32N4O5S. The number of fused-ring (bicyclic) bond motifs is 1. The van der Waals surface area contributed by atoms with E-state index < -0.39 is 21.5 Å². The van der Waals surface area contributed by atoms with Crippen molar-refractivity contribution in [3.63, 3.8) is 0 Å². The van der Waals surface area contributed by atoms with Crippen LogP contribution in [-0.2, 0) is 19.6 Å². The van der Waals surface area contributed by atoms with E-state index in [-0.39, 0.29) is 24.5 Å². The Balaban J connectivity index is 1.52. The highest BCUT2D eigenvalue weighted by Crippen LogP contribution is 2.44. The number of aliphatic hydroxyl groups is 1. The summed E-state index contributed by atoms with van der Waals surface area (Å²) in [6, 6.07) is 3.60. The van der Waals surface area contributed by atoms with Gasteiger partial charge in [-0.05, 0) is 51.2 Å². The van der Waals surface area contributed by atoms with Crippen LogP contribution in [0.3, 0.4) is 0 Å². The van der Waals surface area contributed by atoms with Crippen molar-refractivity contribution in [2.24, 2.45) is 5.41 Å². The molecule has 2 aliphatic rings. The summed E-state index contributed by atoms with van der Waals surface area (Å²) < 4.78 is 29.9. The number of hydrogen-bond donors (Lipinski definition) is 2. The minimum Gasteiger partial charge on any atom is -0.469 e. The van der Waals surface area contributed by atoms with Gasteiger partial charge in [-0.3, -0.25) is 9.78 Å². The third kappa shape index (κ3) is 4.97. The molecule has 180 valence electrons. The normalized spacial score (nSPS) is 29.0. The average molecular weight is 477 g/mol. The molecule has 2 aromatic heterocycles. The molecule has 2 N–H and O–H groups in total. The zero-order chi connectivity index (χ0) is 23.8. The molecule has 3 heterocycles. The highest BCUT2D eigenvalue weighted by atomic mass is 32.2. The Kier molecular flexibility index (Phi) is 6.61. The number of esters is 1. The number of nitrogens with zero attached hydrogens (tertiary/aromatic N) is 3. The Hall–Kier alpha value is -2.30. The molecule has 1 aliphatic heterocycles. The molecule has 1 saturated carbocycles. The third-order valence-corrected chi connectivity index (χ3v) is 8.45. The minimum absolute atomic E-state index is 0.0674. The van der Waals surface area contributed by atoms with Crippen LogP contribution in [-0.4, -0.2) is 72.4 Å². The van der Waals surface area contributed by atoms with Gasteiger partial charge in [-0.1, -0.05) is 0 Å². The molecule has 33 heavy (non-hydrogen) atoms. The first-order valence-electron chi connectivity index (χ1n) is 11.3. The highest BCUT2D eigenvalue weighted by Gasteiger charge is 2.39. The molecule has 1 saturated heterocycles. The van der Waals surface area contributed by atoms with Gasteiger partial charge in [0.05, 0.1) is 36.6 Å². The van der Waals surface area contributed by atoms with Gasteiger partial charge in [0.2, 0.25) is 10.0 Å². The number of hydrogen-bond acceptors (Lipinski definition) is 8. The fourth-order valence-corrected chi connectivity index (χ4v) is 5.89. The molecule has 9 nitrogen and oxygen atoms in total. The van der Waals surface area contributed by atoms with Crippen LogP contribution in [0.5, 0.6) is 0 Å². The molecule has 2 fully saturated rings. The van der Waals surface area contributed by atoms with Crippen LogP contribution in [0.15, 0.2) is 24.5 Å². The number of β-amino-alcohol motifs (C(OH)–C–C–N with tert-alkyl or cyclic N) is 1. The van der Waals surface area contributed by atoms with Gasteiger partial charge >= 0.3 is 5.97 Å². The summed E-state index contributed by atoms with van der Waals surface area (Å²) in [5.41, 5.74) is 0.554. The largest absolute Gasteiger partial charge is 0.469 e. The summed E-state index contributed by atoms with van der Waals surface area (Å²) in [6.45, 7) is 2.39. The van der Waals surface area contributed by atoms with Gasteiger partial charge in [0, 0.05) is 42.2 Å². The van der Waals surface area contributed by atoms with E-state index in [1.165, 1.54) is 11.4 Å². The summed E-state index contributed by atoms with van der Waals surface area (Å²) in [5, 5.41) is 15.8. The number of aromatic nitrogens is 2. The van der Waals surface area contributed by atoms with Gasteiger partial charge in [0.1, 0.15) is 5.82 Å². The lowest BCUT2D eigenvalue weighted by Gasteiger charge is -2.35. The van der Waals surface area contributed by atoms with E-state index in [0.29, 0.717) is 18.8 Å². The van der Waals surface area contributed by atoms with E-state index >= 15 is 0 Å². The van der Waals surface area contributed by atoms with Crippen LogP contribution in [0, 0.1) is 5.41 Å². The zero-order valence-electron chi connectivity index (χ0n) is 19.3. The molecular weight excluding hydrogens is 444 g/mol. The van der Waals surface area contributed by atoms with Gasteiger partial charge in [-0.15, -0.1) is 0 Å². The second kappa shape index (κ2) is 9.15. The number of rotatable bonds is 5. The van der Waals surface area contributed by atoms with Crippen LogP contribution in [0.2, 0.25) is 0 Å². The fourth-order valence-electron chi connectivity index (χ4n) is 5.03. The molecule has 0 radical (unpaired) electrons. The van der Waals surface area contributed by atoms with E-state index in [1.807, 2.05) is 19.1 Å². The quantitative estimate of drug-likeness (QED) is 0.631. The summed E-state index contributed by atoms with van der Waals surface area (Å²) in [7, 11) is -1.88. The molecule has 2 atom stereocenters. The first-order valence-corrected chi connectivity index (χ1v) is 13.2. The Labute approximate surface area is 194 Å². The topological polar surface area (TPSA) is 122 Å². The number of anilines is 1. The van der Waals surface area contributed by atoms with Crippen LogP contribution in [0.4, 0.5) is 5.82 Å². The lowest BCUT2D eigenvalue weighted by Crippen LogP contribution is -2.51. The number of methoxy groups -OCH3 is 1. The molecule has 1 aliphatic carbocycles. The van der Waals surface area contributed by atoms with Gasteiger partial charge in [0.25, 0.3) is 0 Å². The van der Waals surface area contributed by atoms with Gasteiger partial charge < -0.3 is 15.2 Å². The maximum absolute atomic E-state index is 12.2. The predicted molar refractivity (Wildman–Crippen MR) is 125 cm³/mol. The van der Waals surface area contributed by atoms with Gasteiger partial charge in [0.15, 0.2) is 0 Å². The first-order chi connectivity index (χ1) is 15.6. The van der Waals surface area contributed by atoms with Crippen molar-refractivity contribution >= 4 is 32.6 Å². The van der Waals surface area contributed by atoms with E-state index in [4.69, 9.17) is 4.74 Å². The Morgan fingerprint density at radius 1 is 1.27 bits per heavy atom. The van der Waals surface area contributed by atoms with Crippen molar-refractivity contribution in [2.45, 2.75) is 57.1 Å². The van der Waals surface area contributed by atoms with Crippen molar-refractivity contribution in [3.8, 4) is 0 Å². The molecule has 10 heteroatoms. The molecule has 0 bridgehead atoms. The second-order valence-corrected chi connectivity index (χ2v) is 11.5. The Bertz CT molecular complexity index is 1130. The summed E-state index contributed by atoms with van der Waals surface area (Å²) in [4.78, 5) is 21.4. The smallest absolute Gasteiger partial charge is 0.311 e. The van der Waals surface area contributed by atoms with E-state index in [2.05, 4.69) is 15.3 Å². The van der Waals surface area contributed by atoms with Crippen molar-refractivity contribution in [3.05, 3.63) is 30.2 Å². The lowest BCUT2D eigenvalue weighted by atomic mass is 9.70. The van der Waals surface area contributed by atoms with Gasteiger partial charge in [-0.2, -0.15) is 4.31 Å². The Morgan fingerprint density at radius 3 is 2.64 bits per heavy atom. The van der Waals surface area contributed by atoms with Crippen molar-refractivity contribution in [1.82, 2.24) is 14.3 Å². The van der Waals surface area contributed by atoms with Crippen LogP contribution in [0.1, 0.15) is 50.6 Å². The number of piperidine rings is 1. The maximum Gasteiger partial charge on any atom is 0.311 e. The monoisotopic (exact) mass is 476 g/mol. The summed E-state index contributed by atoms with van der Waals surface area (Å²) in [6.07, 6.45) is 7.63. The number of ether oxygens (including phenoxy) is 1. The van der Waals surface area contributed by atoms with Crippen molar-refractivity contribution in [2.75, 3.05) is 31.8 Å². The van der Waals surface area contributed by atoms with Crippen LogP contribution < -0.4 is 5.32 Å². The zero-order valence-corrected chi connectivity index (χ0v) is 20.1. The van der Waals surface area contributed by atoms with Crippen molar-refractivity contribution in [1.29, 1.82) is 0 Å². The molecule has 4 rings (SSSR count). The van der Waals surface area contributed by atoms with Crippen molar-refractivity contribution < 1.29 is 23.1 Å². The molecule has 0 unspecified atom stereocenters. The third-order valence-electron chi connectivity index (χ3n) is 7.18. The van der Waals surface area contributed by atoms with E-state index in [9.17, 15) is 18.3 Å². The van der Waals surface area contributed by atoms with Crippen LogP contribution >= 0.6 is 0 Å². The second-order valence-electron chi connectivity index (χ2n) is 9.54. The first kappa shape index (κ1) is 23.8. The number of nitrogens with one attached hydrogen (secondary N) is 1. The molecule has 0 amide bonds. The average Bonchev–Trinajstić information content (AvgIpc) is 2.79. The highest BCUT2D eigenvalue weighted by molar-refractivity contribution is 7.88. The van der Waals surface area contributed by atoms with E-state index in [1.54, 1.807) is 12.4 Å². The van der Waals surface area contributed by atoms with Crippen LogP contribution in [0.25, 0.3) is 10.8 Å². The molecule has 0 aromatic carbocycles. The van der Waals surface area contributed by atoms with E-state index in [0.717, 1.165) is 48.4 Å². The summed E-state index contributed by atoms with van der Waals surface area (Å²) >= 11 is 0.